The first-order valence-electron chi connectivity index (χ1n) is 8.40. The topological polar surface area (TPSA) is 55.5 Å². The molecule has 0 spiro atoms. The minimum absolute atomic E-state index is 0.392. The van der Waals surface area contributed by atoms with Crippen molar-refractivity contribution in [1.82, 2.24) is 19.6 Å². The van der Waals surface area contributed by atoms with Crippen molar-refractivity contribution < 1.29 is 4.74 Å². The third kappa shape index (κ3) is 2.42. The largest absolute Gasteiger partial charge is 0.494 e. The van der Waals surface area contributed by atoms with Crippen molar-refractivity contribution in [1.29, 1.82) is 0 Å². The van der Waals surface area contributed by atoms with Crippen LogP contribution in [0.3, 0.4) is 0 Å². The van der Waals surface area contributed by atoms with E-state index < -0.39 is 0 Å². The van der Waals surface area contributed by atoms with Crippen LogP contribution in [0.25, 0.3) is 15.9 Å². The van der Waals surface area contributed by atoms with Crippen LogP contribution in [0.5, 0.6) is 5.75 Å². The predicted molar refractivity (Wildman–Crippen MR) is 98.7 cm³/mol. The van der Waals surface area contributed by atoms with Crippen molar-refractivity contribution in [3.63, 3.8) is 0 Å². The van der Waals surface area contributed by atoms with E-state index >= 15 is 0 Å². The van der Waals surface area contributed by atoms with Crippen molar-refractivity contribution in [3.8, 4) is 5.75 Å². The number of thiazole rings is 1. The van der Waals surface area contributed by atoms with Gasteiger partial charge in [0.15, 0.2) is 10.8 Å². The first-order valence-corrected chi connectivity index (χ1v) is 9.21. The molecule has 0 radical (unpaired) electrons. The third-order valence-corrected chi connectivity index (χ3v) is 5.60. The summed E-state index contributed by atoms with van der Waals surface area (Å²) in [5.41, 5.74) is 1.93. The van der Waals surface area contributed by atoms with Gasteiger partial charge in [-0.3, -0.25) is 4.40 Å². The van der Waals surface area contributed by atoms with E-state index in [-0.39, 0.29) is 0 Å². The molecule has 0 amide bonds. The number of hydrogen-bond donors (Lipinski definition) is 0. The lowest BCUT2D eigenvalue weighted by Crippen LogP contribution is -2.45. The van der Waals surface area contributed by atoms with Crippen molar-refractivity contribution in [3.05, 3.63) is 48.4 Å². The van der Waals surface area contributed by atoms with E-state index in [1.165, 1.54) is 0 Å². The number of nitrogens with zero attached hydrogens (tertiary/aromatic N) is 5. The minimum Gasteiger partial charge on any atom is -0.494 e. The average molecular weight is 351 g/mol. The molecule has 4 heterocycles. The normalized spacial score (nSPS) is 15.0. The van der Waals surface area contributed by atoms with Crippen molar-refractivity contribution >= 4 is 32.3 Å². The van der Waals surface area contributed by atoms with Gasteiger partial charge in [0.1, 0.15) is 11.6 Å². The molecule has 0 bridgehead atoms. The van der Waals surface area contributed by atoms with Gasteiger partial charge in [0, 0.05) is 19.3 Å². The Morgan fingerprint density at radius 2 is 2.12 bits per heavy atom. The molecule has 1 aromatic carbocycles. The van der Waals surface area contributed by atoms with Gasteiger partial charge < -0.3 is 9.64 Å². The highest BCUT2D eigenvalue weighted by Gasteiger charge is 2.33. The summed E-state index contributed by atoms with van der Waals surface area (Å²) in [6.45, 7) is 4.52. The SMILES string of the molecule is CCOc1ccc2nc(N3CC(c4nnc5ccccn45)C3)sc2c1. The molecular weight excluding hydrogens is 334 g/mol. The van der Waals surface area contributed by atoms with E-state index in [0.29, 0.717) is 12.5 Å². The van der Waals surface area contributed by atoms with Crippen molar-refractivity contribution in [2.45, 2.75) is 12.8 Å². The maximum Gasteiger partial charge on any atom is 0.186 e. The van der Waals surface area contributed by atoms with E-state index in [2.05, 4.69) is 25.6 Å². The average Bonchev–Trinajstić information content (AvgIpc) is 3.18. The number of pyridine rings is 1. The monoisotopic (exact) mass is 351 g/mol. The second-order valence-electron chi connectivity index (χ2n) is 6.15. The first-order chi connectivity index (χ1) is 12.3. The summed E-state index contributed by atoms with van der Waals surface area (Å²) in [7, 11) is 0. The minimum atomic E-state index is 0.392. The van der Waals surface area contributed by atoms with Gasteiger partial charge >= 0.3 is 0 Å². The molecule has 0 aliphatic carbocycles. The van der Waals surface area contributed by atoms with Gasteiger partial charge in [-0.25, -0.2) is 4.98 Å². The maximum absolute atomic E-state index is 5.58. The molecule has 4 aromatic rings. The van der Waals surface area contributed by atoms with E-state index in [1.807, 2.05) is 43.5 Å². The van der Waals surface area contributed by atoms with Crippen LogP contribution in [-0.2, 0) is 0 Å². The van der Waals surface area contributed by atoms with Gasteiger partial charge in [-0.05, 0) is 37.3 Å². The van der Waals surface area contributed by atoms with Crippen molar-refractivity contribution in [2.24, 2.45) is 0 Å². The number of ether oxygens (including phenoxy) is 1. The number of fused-ring (bicyclic) bond motifs is 2. The quantitative estimate of drug-likeness (QED) is 0.564. The Bertz CT molecular complexity index is 1050. The molecule has 0 atom stereocenters. The lowest BCUT2D eigenvalue weighted by molar-refractivity contribution is 0.341. The van der Waals surface area contributed by atoms with Gasteiger partial charge in [-0.15, -0.1) is 10.2 Å². The Hall–Kier alpha value is -2.67. The van der Waals surface area contributed by atoms with Gasteiger partial charge in [0.25, 0.3) is 0 Å². The molecule has 126 valence electrons. The standard InChI is InChI=1S/C18H17N5OS/c1-2-24-13-6-7-14-15(9-13)25-18(19-14)22-10-12(11-22)17-21-20-16-5-3-4-8-23(16)17/h3-9,12H,2,10-11H2,1H3. The van der Waals surface area contributed by atoms with Gasteiger partial charge in [0.2, 0.25) is 0 Å². The van der Waals surface area contributed by atoms with Crippen LogP contribution in [0, 0.1) is 0 Å². The van der Waals surface area contributed by atoms with Crippen LogP contribution >= 0.6 is 11.3 Å². The predicted octanol–water partition coefficient (Wildman–Crippen LogP) is 3.34. The molecule has 5 rings (SSSR count). The second kappa shape index (κ2) is 5.70. The number of hydrogen-bond acceptors (Lipinski definition) is 6. The summed E-state index contributed by atoms with van der Waals surface area (Å²) in [4.78, 5) is 7.07. The molecule has 0 unspecified atom stereocenters. The lowest BCUT2D eigenvalue weighted by Gasteiger charge is -2.37. The Kier molecular flexibility index (Phi) is 3.34. The second-order valence-corrected chi connectivity index (χ2v) is 7.16. The molecular formula is C18H17N5OS. The third-order valence-electron chi connectivity index (χ3n) is 4.52. The van der Waals surface area contributed by atoms with Gasteiger partial charge in [-0.2, -0.15) is 0 Å². The molecule has 25 heavy (non-hydrogen) atoms. The smallest absolute Gasteiger partial charge is 0.186 e. The maximum atomic E-state index is 5.58. The van der Waals surface area contributed by atoms with Crippen LogP contribution in [0.2, 0.25) is 0 Å². The van der Waals surface area contributed by atoms with Crippen LogP contribution in [0.1, 0.15) is 18.7 Å². The fraction of sp³-hybridized carbons (Fsp3) is 0.278. The van der Waals surface area contributed by atoms with Gasteiger partial charge in [-0.1, -0.05) is 17.4 Å². The zero-order valence-corrected chi connectivity index (χ0v) is 14.6. The van der Waals surface area contributed by atoms with Crippen LogP contribution in [0.4, 0.5) is 5.13 Å². The van der Waals surface area contributed by atoms with Crippen LogP contribution in [-0.4, -0.2) is 39.3 Å². The summed E-state index contributed by atoms with van der Waals surface area (Å²) in [5.74, 6) is 2.33. The van der Waals surface area contributed by atoms with E-state index in [4.69, 9.17) is 9.72 Å². The highest BCUT2D eigenvalue weighted by atomic mass is 32.1. The van der Waals surface area contributed by atoms with Gasteiger partial charge in [0.05, 0.1) is 22.7 Å². The molecule has 3 aromatic heterocycles. The number of anilines is 1. The number of aromatic nitrogens is 4. The zero-order chi connectivity index (χ0) is 16.8. The summed E-state index contributed by atoms with van der Waals surface area (Å²) < 4.78 is 8.82. The first kappa shape index (κ1) is 14.7. The number of rotatable bonds is 4. The van der Waals surface area contributed by atoms with Crippen molar-refractivity contribution in [2.75, 3.05) is 24.6 Å². The fourth-order valence-electron chi connectivity index (χ4n) is 3.22. The molecule has 1 aliphatic heterocycles. The summed E-state index contributed by atoms with van der Waals surface area (Å²) in [5, 5.41) is 9.69. The molecule has 7 heteroatoms. The molecule has 1 fully saturated rings. The van der Waals surface area contributed by atoms with Crippen LogP contribution in [0.15, 0.2) is 42.6 Å². The van der Waals surface area contributed by atoms with E-state index in [1.54, 1.807) is 11.3 Å². The number of benzene rings is 1. The Balaban J connectivity index is 1.37. The Morgan fingerprint density at radius 1 is 1.20 bits per heavy atom. The highest BCUT2D eigenvalue weighted by Crippen LogP contribution is 2.37. The molecule has 1 saturated heterocycles. The fourth-order valence-corrected chi connectivity index (χ4v) is 4.23. The summed E-state index contributed by atoms with van der Waals surface area (Å²) >= 11 is 1.72. The summed E-state index contributed by atoms with van der Waals surface area (Å²) in [6, 6.07) is 12.1. The zero-order valence-electron chi connectivity index (χ0n) is 13.8. The molecule has 1 aliphatic rings. The molecule has 6 nitrogen and oxygen atoms in total. The van der Waals surface area contributed by atoms with Crippen LogP contribution < -0.4 is 9.64 Å². The lowest BCUT2D eigenvalue weighted by atomic mass is 10.0. The Morgan fingerprint density at radius 3 is 3.00 bits per heavy atom. The van der Waals surface area contributed by atoms with E-state index in [0.717, 1.165) is 45.7 Å². The summed E-state index contributed by atoms with van der Waals surface area (Å²) in [6.07, 6.45) is 2.03. The molecule has 0 N–H and O–H groups in total. The van der Waals surface area contributed by atoms with E-state index in [9.17, 15) is 0 Å². The molecule has 0 saturated carbocycles. The highest BCUT2D eigenvalue weighted by molar-refractivity contribution is 7.22. The Labute approximate surface area is 148 Å².